The fourth-order valence-electron chi connectivity index (χ4n) is 4.35. The van der Waals surface area contributed by atoms with Crippen molar-refractivity contribution in [3.63, 3.8) is 0 Å². The highest BCUT2D eigenvalue weighted by molar-refractivity contribution is 6.00. The number of amides is 1. The minimum absolute atomic E-state index is 0.0757. The maximum atomic E-state index is 13.8. The van der Waals surface area contributed by atoms with E-state index < -0.39 is 5.54 Å². The van der Waals surface area contributed by atoms with Crippen molar-refractivity contribution < 1.29 is 33.6 Å². The van der Waals surface area contributed by atoms with E-state index in [0.717, 1.165) is 11.1 Å². The summed E-state index contributed by atoms with van der Waals surface area (Å²) >= 11 is 0. The van der Waals surface area contributed by atoms with Gasteiger partial charge in [-0.15, -0.1) is 0 Å². The number of carbonyl (C=O) groups is 1. The monoisotopic (exact) mass is 534 g/mol. The predicted octanol–water partition coefficient (Wildman–Crippen LogP) is 3.55. The minimum atomic E-state index is -1.17. The third-order valence-electron chi connectivity index (χ3n) is 6.44. The SMILES string of the molecule is COc1cc(OC)c(CNC(=O)[C@@]2(Cc3ccccc3)COC(c3ccc(OCCCO)cc3)=N2)c(OC)c1. The van der Waals surface area contributed by atoms with Crippen LogP contribution < -0.4 is 24.3 Å². The van der Waals surface area contributed by atoms with Gasteiger partial charge in [-0.25, -0.2) is 4.99 Å². The molecular formula is C30H34N2O7. The molecule has 0 aromatic heterocycles. The van der Waals surface area contributed by atoms with Crippen LogP contribution >= 0.6 is 0 Å². The van der Waals surface area contributed by atoms with E-state index in [1.807, 2.05) is 54.6 Å². The number of rotatable bonds is 13. The van der Waals surface area contributed by atoms with Gasteiger partial charge in [0.05, 0.1) is 40.0 Å². The molecule has 0 unspecified atom stereocenters. The lowest BCUT2D eigenvalue weighted by molar-refractivity contribution is -0.126. The molecule has 0 saturated heterocycles. The fourth-order valence-corrected chi connectivity index (χ4v) is 4.35. The molecule has 206 valence electrons. The van der Waals surface area contributed by atoms with Crippen LogP contribution in [0.25, 0.3) is 0 Å². The van der Waals surface area contributed by atoms with Crippen LogP contribution in [0.3, 0.4) is 0 Å². The van der Waals surface area contributed by atoms with E-state index in [0.29, 0.717) is 53.9 Å². The molecule has 3 aromatic rings. The van der Waals surface area contributed by atoms with Crippen molar-refractivity contribution >= 4 is 11.8 Å². The Labute approximate surface area is 228 Å². The molecule has 0 spiro atoms. The lowest BCUT2D eigenvalue weighted by atomic mass is 9.91. The molecule has 1 aliphatic heterocycles. The number of ether oxygens (including phenoxy) is 5. The Balaban J connectivity index is 1.59. The number of hydrogen-bond donors (Lipinski definition) is 2. The van der Waals surface area contributed by atoms with Crippen molar-refractivity contribution in [1.29, 1.82) is 0 Å². The minimum Gasteiger partial charge on any atom is -0.496 e. The second-order valence-corrected chi connectivity index (χ2v) is 9.04. The van der Waals surface area contributed by atoms with Gasteiger partial charge in [0.2, 0.25) is 5.90 Å². The number of nitrogens with zero attached hydrogens (tertiary/aromatic N) is 1. The summed E-state index contributed by atoms with van der Waals surface area (Å²) in [6.07, 6.45) is 0.922. The standard InChI is InChI=1S/C30H34N2O7/c1-35-24-16-26(36-2)25(27(17-24)37-3)19-31-29(34)30(18-21-8-5-4-6-9-21)20-39-28(32-30)22-10-12-23(13-11-22)38-15-7-14-33/h4-6,8-13,16-17,33H,7,14-15,18-20H2,1-3H3,(H,31,34)/t30-/m1/s1. The largest absolute Gasteiger partial charge is 0.496 e. The van der Waals surface area contributed by atoms with E-state index in [9.17, 15) is 4.79 Å². The second kappa shape index (κ2) is 13.0. The summed E-state index contributed by atoms with van der Waals surface area (Å²) in [6, 6.07) is 20.6. The predicted molar refractivity (Wildman–Crippen MR) is 147 cm³/mol. The third kappa shape index (κ3) is 6.61. The van der Waals surface area contributed by atoms with Crippen molar-refractivity contribution in [3.05, 3.63) is 83.4 Å². The van der Waals surface area contributed by atoms with Gasteiger partial charge in [0, 0.05) is 37.1 Å². The Morgan fingerprint density at radius 2 is 1.67 bits per heavy atom. The molecule has 0 saturated carbocycles. The summed E-state index contributed by atoms with van der Waals surface area (Å²) in [5, 5.41) is 12.0. The Morgan fingerprint density at radius 1 is 0.974 bits per heavy atom. The molecule has 39 heavy (non-hydrogen) atoms. The quantitative estimate of drug-likeness (QED) is 0.323. The topological polar surface area (TPSA) is 108 Å². The average Bonchev–Trinajstić information content (AvgIpc) is 3.41. The molecule has 0 bridgehead atoms. The van der Waals surface area contributed by atoms with Gasteiger partial charge < -0.3 is 34.1 Å². The van der Waals surface area contributed by atoms with Crippen molar-refractivity contribution in [1.82, 2.24) is 5.32 Å². The smallest absolute Gasteiger partial charge is 0.252 e. The van der Waals surface area contributed by atoms with Gasteiger partial charge in [-0.05, 0) is 29.8 Å². The van der Waals surface area contributed by atoms with Gasteiger partial charge in [0.1, 0.15) is 29.6 Å². The fraction of sp³-hybridized carbons (Fsp3) is 0.333. The first-order valence-corrected chi connectivity index (χ1v) is 12.7. The van der Waals surface area contributed by atoms with Crippen LogP contribution in [0.4, 0.5) is 0 Å². The molecule has 0 fully saturated rings. The molecule has 0 aliphatic carbocycles. The van der Waals surface area contributed by atoms with Crippen LogP contribution in [0.1, 0.15) is 23.1 Å². The highest BCUT2D eigenvalue weighted by Crippen LogP contribution is 2.34. The van der Waals surface area contributed by atoms with E-state index in [2.05, 4.69) is 5.32 Å². The van der Waals surface area contributed by atoms with Gasteiger partial charge in [-0.1, -0.05) is 30.3 Å². The van der Waals surface area contributed by atoms with Crippen LogP contribution in [-0.2, 0) is 22.5 Å². The molecule has 1 amide bonds. The van der Waals surface area contributed by atoms with E-state index >= 15 is 0 Å². The lowest BCUT2D eigenvalue weighted by Gasteiger charge is -2.24. The van der Waals surface area contributed by atoms with Gasteiger partial charge in [-0.3, -0.25) is 4.79 Å². The summed E-state index contributed by atoms with van der Waals surface area (Å²) < 4.78 is 28.0. The summed E-state index contributed by atoms with van der Waals surface area (Å²) in [5.41, 5.74) is 1.23. The number of carbonyl (C=O) groups excluding carboxylic acids is 1. The van der Waals surface area contributed by atoms with Crippen molar-refractivity contribution in [3.8, 4) is 23.0 Å². The van der Waals surface area contributed by atoms with Crippen molar-refractivity contribution in [2.24, 2.45) is 4.99 Å². The molecule has 2 N–H and O–H groups in total. The highest BCUT2D eigenvalue weighted by Gasteiger charge is 2.44. The zero-order chi connectivity index (χ0) is 27.7. The summed E-state index contributed by atoms with van der Waals surface area (Å²) in [7, 11) is 4.68. The number of aliphatic imine (C=N–C) groups is 1. The second-order valence-electron chi connectivity index (χ2n) is 9.04. The zero-order valence-electron chi connectivity index (χ0n) is 22.4. The lowest BCUT2D eigenvalue weighted by Crippen LogP contribution is -2.48. The van der Waals surface area contributed by atoms with E-state index in [1.165, 1.54) is 0 Å². The van der Waals surface area contributed by atoms with Crippen LogP contribution in [0, 0.1) is 0 Å². The first-order chi connectivity index (χ1) is 19.0. The number of nitrogens with one attached hydrogen (secondary N) is 1. The van der Waals surface area contributed by atoms with E-state index in [-0.39, 0.29) is 25.7 Å². The first kappa shape index (κ1) is 27.8. The summed E-state index contributed by atoms with van der Waals surface area (Å²) in [5.74, 6) is 2.46. The molecule has 4 rings (SSSR count). The summed E-state index contributed by atoms with van der Waals surface area (Å²) in [4.78, 5) is 18.6. The van der Waals surface area contributed by atoms with E-state index in [1.54, 1.807) is 33.5 Å². The first-order valence-electron chi connectivity index (χ1n) is 12.7. The molecule has 1 atom stereocenters. The molecule has 1 aliphatic rings. The van der Waals surface area contributed by atoms with Crippen LogP contribution in [0.5, 0.6) is 23.0 Å². The number of benzene rings is 3. The average molecular weight is 535 g/mol. The zero-order valence-corrected chi connectivity index (χ0v) is 22.4. The van der Waals surface area contributed by atoms with E-state index in [4.69, 9.17) is 33.8 Å². The van der Waals surface area contributed by atoms with Crippen LogP contribution in [0.2, 0.25) is 0 Å². The highest BCUT2D eigenvalue weighted by atomic mass is 16.5. The van der Waals surface area contributed by atoms with Gasteiger partial charge >= 0.3 is 0 Å². The number of aliphatic hydroxyl groups excluding tert-OH is 1. The van der Waals surface area contributed by atoms with Gasteiger partial charge in [0.15, 0.2) is 5.54 Å². The van der Waals surface area contributed by atoms with Crippen LogP contribution in [0.15, 0.2) is 71.7 Å². The number of aliphatic hydroxyl groups is 1. The third-order valence-corrected chi connectivity index (χ3v) is 6.44. The molecule has 0 radical (unpaired) electrons. The van der Waals surface area contributed by atoms with Crippen molar-refractivity contribution in [2.75, 3.05) is 41.2 Å². The molecule has 9 heteroatoms. The number of hydrogen-bond acceptors (Lipinski definition) is 8. The Bertz CT molecular complexity index is 1250. The molecule has 3 aromatic carbocycles. The van der Waals surface area contributed by atoms with Crippen LogP contribution in [-0.4, -0.2) is 63.6 Å². The molecule has 1 heterocycles. The number of methoxy groups -OCH3 is 3. The Hall–Kier alpha value is -4.24. The normalized spacial score (nSPS) is 16.2. The Morgan fingerprint density at radius 3 is 2.28 bits per heavy atom. The summed E-state index contributed by atoms with van der Waals surface area (Å²) in [6.45, 7) is 0.759. The molecule has 9 nitrogen and oxygen atoms in total. The van der Waals surface area contributed by atoms with Gasteiger partial charge in [0.25, 0.3) is 5.91 Å². The maximum absolute atomic E-state index is 13.8. The van der Waals surface area contributed by atoms with Crippen molar-refractivity contribution in [2.45, 2.75) is 24.9 Å². The maximum Gasteiger partial charge on any atom is 0.252 e. The van der Waals surface area contributed by atoms with Gasteiger partial charge in [-0.2, -0.15) is 0 Å². The Kier molecular flexibility index (Phi) is 9.27. The molecular weight excluding hydrogens is 500 g/mol.